The molecule has 40 heavy (non-hydrogen) atoms. The third-order valence-electron chi connectivity index (χ3n) is 5.31. The number of nitro groups is 1. The van der Waals surface area contributed by atoms with Gasteiger partial charge >= 0.3 is 5.97 Å². The van der Waals surface area contributed by atoms with Crippen molar-refractivity contribution in [3.63, 3.8) is 0 Å². The Morgan fingerprint density at radius 1 is 1.05 bits per heavy atom. The molecule has 206 valence electrons. The maximum absolute atomic E-state index is 13.4. The first-order valence-electron chi connectivity index (χ1n) is 11.2. The van der Waals surface area contributed by atoms with Crippen LogP contribution in [-0.4, -0.2) is 36.3 Å². The second-order valence-corrected chi connectivity index (χ2v) is 10.7. The maximum atomic E-state index is 13.4. The number of sulfonamides is 1. The number of nitrogens with zero attached hydrogens (tertiary/aromatic N) is 2. The van der Waals surface area contributed by atoms with Gasteiger partial charge in [-0.2, -0.15) is 0 Å². The van der Waals surface area contributed by atoms with Gasteiger partial charge in [0.25, 0.3) is 21.6 Å². The molecule has 0 saturated heterocycles. The minimum Gasteiger partial charge on any atom is -0.449 e. The number of non-ortho nitro benzene ring substituents is 1. The molecule has 4 aromatic rings. The number of carbonyl (C=O) groups is 2. The molecule has 0 bridgehead atoms. The first kappa shape index (κ1) is 28.3. The zero-order valence-electron chi connectivity index (χ0n) is 20.3. The van der Waals surface area contributed by atoms with Crippen LogP contribution in [0.15, 0.2) is 77.0 Å². The highest BCUT2D eigenvalue weighted by Gasteiger charge is 2.21. The maximum Gasteiger partial charge on any atom is 0.338 e. The first-order valence-corrected chi connectivity index (χ1v) is 13.6. The van der Waals surface area contributed by atoms with Crippen LogP contribution in [0.3, 0.4) is 0 Å². The van der Waals surface area contributed by atoms with Crippen molar-refractivity contribution < 1.29 is 36.4 Å². The fourth-order valence-corrected chi connectivity index (χ4v) is 5.06. The molecular formula is C25H18F2N4O7S2. The summed E-state index contributed by atoms with van der Waals surface area (Å²) < 4.78 is 58.7. The fourth-order valence-electron chi connectivity index (χ4n) is 3.26. The van der Waals surface area contributed by atoms with Gasteiger partial charge in [0.05, 0.1) is 21.1 Å². The number of benzene rings is 3. The van der Waals surface area contributed by atoms with Crippen molar-refractivity contribution in [3.8, 4) is 11.3 Å². The molecule has 0 aliphatic rings. The van der Waals surface area contributed by atoms with Gasteiger partial charge in [0, 0.05) is 28.8 Å². The van der Waals surface area contributed by atoms with E-state index in [0.717, 1.165) is 17.4 Å². The normalized spacial score (nSPS) is 11.9. The molecule has 1 heterocycles. The second-order valence-electron chi connectivity index (χ2n) is 8.14. The van der Waals surface area contributed by atoms with E-state index < -0.39 is 49.5 Å². The number of hydrogen-bond donors (Lipinski definition) is 2. The number of aromatic nitrogens is 1. The summed E-state index contributed by atoms with van der Waals surface area (Å²) in [4.78, 5) is 39.2. The van der Waals surface area contributed by atoms with Crippen molar-refractivity contribution in [1.29, 1.82) is 0 Å². The Bertz CT molecular complexity index is 1710. The molecule has 3 aromatic carbocycles. The Kier molecular flexibility index (Phi) is 8.16. The summed E-state index contributed by atoms with van der Waals surface area (Å²) in [6, 6.07) is 13.0. The number of carbonyl (C=O) groups excluding carboxylic acids is 2. The molecule has 1 unspecified atom stereocenters. The molecule has 0 aliphatic heterocycles. The number of nitro benzene ring substituents is 1. The molecule has 0 spiro atoms. The number of anilines is 2. The van der Waals surface area contributed by atoms with Crippen LogP contribution in [-0.2, 0) is 19.6 Å². The van der Waals surface area contributed by atoms with Gasteiger partial charge in [0.2, 0.25) is 0 Å². The number of amides is 1. The molecule has 1 aromatic heterocycles. The van der Waals surface area contributed by atoms with E-state index in [-0.39, 0.29) is 22.1 Å². The monoisotopic (exact) mass is 588 g/mol. The summed E-state index contributed by atoms with van der Waals surface area (Å²) in [5.74, 6) is -4.06. The number of ether oxygens (including phenoxy) is 1. The molecule has 0 saturated carbocycles. The number of esters is 1. The topological polar surface area (TPSA) is 158 Å². The quantitative estimate of drug-likeness (QED) is 0.157. The van der Waals surface area contributed by atoms with Gasteiger partial charge in [-0.15, -0.1) is 11.3 Å². The molecule has 0 radical (unpaired) electrons. The second kappa shape index (κ2) is 11.5. The third-order valence-corrected chi connectivity index (χ3v) is 7.45. The average molecular weight is 589 g/mol. The lowest BCUT2D eigenvalue weighted by molar-refractivity contribution is -0.384. The summed E-state index contributed by atoms with van der Waals surface area (Å²) in [5, 5.41) is 15.3. The lowest BCUT2D eigenvalue weighted by atomic mass is 10.1. The van der Waals surface area contributed by atoms with Gasteiger partial charge in [0.15, 0.2) is 22.9 Å². The number of rotatable bonds is 9. The van der Waals surface area contributed by atoms with E-state index in [1.54, 1.807) is 11.4 Å². The van der Waals surface area contributed by atoms with Crippen LogP contribution >= 0.6 is 11.3 Å². The van der Waals surface area contributed by atoms with Gasteiger partial charge in [0.1, 0.15) is 0 Å². The van der Waals surface area contributed by atoms with Gasteiger partial charge in [-0.25, -0.2) is 27.0 Å². The lowest BCUT2D eigenvalue weighted by Crippen LogP contribution is -2.30. The Balaban J connectivity index is 1.35. The summed E-state index contributed by atoms with van der Waals surface area (Å²) in [6.07, 6.45) is -1.23. The predicted octanol–water partition coefficient (Wildman–Crippen LogP) is 4.98. The van der Waals surface area contributed by atoms with Crippen LogP contribution in [0, 0.1) is 21.7 Å². The number of thiazole rings is 1. The molecule has 4 rings (SSSR count). The Labute approximate surface area is 229 Å². The zero-order chi connectivity index (χ0) is 29.0. The molecule has 0 fully saturated rings. The van der Waals surface area contributed by atoms with Crippen LogP contribution in [0.4, 0.5) is 25.3 Å². The van der Waals surface area contributed by atoms with Crippen LogP contribution in [0.1, 0.15) is 17.3 Å². The molecule has 0 aliphatic carbocycles. The Morgan fingerprint density at radius 3 is 2.45 bits per heavy atom. The fraction of sp³-hybridized carbons (Fsp3) is 0.0800. The molecule has 2 N–H and O–H groups in total. The van der Waals surface area contributed by atoms with Crippen molar-refractivity contribution in [2.75, 3.05) is 10.0 Å². The van der Waals surface area contributed by atoms with Crippen LogP contribution in [0.25, 0.3) is 11.3 Å². The summed E-state index contributed by atoms with van der Waals surface area (Å²) in [5.41, 5.74) is 0.841. The Morgan fingerprint density at radius 2 is 1.77 bits per heavy atom. The van der Waals surface area contributed by atoms with Gasteiger partial charge in [-0.3, -0.25) is 24.9 Å². The average Bonchev–Trinajstić information content (AvgIpc) is 3.38. The highest BCUT2D eigenvalue weighted by Crippen LogP contribution is 2.27. The molecule has 15 heteroatoms. The van der Waals surface area contributed by atoms with E-state index in [1.807, 2.05) is 0 Å². The minimum atomic E-state index is -4.23. The predicted molar refractivity (Wildman–Crippen MR) is 141 cm³/mol. The SMILES string of the molecule is CC(OC(=O)c1ccc(NS(=O)(=O)c2ccc(F)c(F)c2)cc1)C(=O)Nc1nc(-c2cccc([N+](=O)[O-])c2)cs1. The van der Waals surface area contributed by atoms with E-state index in [9.17, 15) is 36.9 Å². The van der Waals surface area contributed by atoms with Gasteiger partial charge in [-0.05, 0) is 49.4 Å². The minimum absolute atomic E-state index is 0.0117. The standard InChI is InChI=1S/C25H18F2N4O7S2/c1-14(23(32)29-25-28-22(13-39-25)16-3-2-4-18(11-16)31(34)35)38-24(33)15-5-7-17(8-6-15)30-40(36,37)19-9-10-20(26)21(27)12-19/h2-14,30H,1H3,(H,28,29,32). The highest BCUT2D eigenvalue weighted by molar-refractivity contribution is 7.92. The third kappa shape index (κ3) is 6.62. The molecule has 1 amide bonds. The van der Waals surface area contributed by atoms with Crippen LogP contribution in [0.5, 0.6) is 0 Å². The summed E-state index contributed by atoms with van der Waals surface area (Å²) in [6.45, 7) is 1.34. The van der Waals surface area contributed by atoms with E-state index in [4.69, 9.17) is 4.74 Å². The molecule has 11 nitrogen and oxygen atoms in total. The van der Waals surface area contributed by atoms with Crippen LogP contribution < -0.4 is 10.0 Å². The lowest BCUT2D eigenvalue weighted by Gasteiger charge is -2.13. The van der Waals surface area contributed by atoms with Crippen molar-refractivity contribution in [2.45, 2.75) is 17.9 Å². The zero-order valence-corrected chi connectivity index (χ0v) is 22.0. The number of nitrogens with one attached hydrogen (secondary N) is 2. The first-order chi connectivity index (χ1) is 18.9. The number of halogens is 2. The molecule has 1 atom stereocenters. The van der Waals surface area contributed by atoms with Crippen molar-refractivity contribution in [3.05, 3.63) is 99.4 Å². The highest BCUT2D eigenvalue weighted by atomic mass is 32.2. The van der Waals surface area contributed by atoms with Gasteiger partial charge in [-0.1, -0.05) is 12.1 Å². The summed E-state index contributed by atoms with van der Waals surface area (Å²) >= 11 is 1.08. The van der Waals surface area contributed by atoms with E-state index >= 15 is 0 Å². The largest absolute Gasteiger partial charge is 0.449 e. The summed E-state index contributed by atoms with van der Waals surface area (Å²) in [7, 11) is -4.23. The van der Waals surface area contributed by atoms with Gasteiger partial charge < -0.3 is 4.74 Å². The van der Waals surface area contributed by atoms with Crippen LogP contribution in [0.2, 0.25) is 0 Å². The van der Waals surface area contributed by atoms with E-state index in [1.165, 1.54) is 49.4 Å². The van der Waals surface area contributed by atoms with E-state index in [0.29, 0.717) is 23.4 Å². The van der Waals surface area contributed by atoms with E-state index in [2.05, 4.69) is 15.0 Å². The number of hydrogen-bond acceptors (Lipinski definition) is 9. The molecular weight excluding hydrogens is 570 g/mol. The van der Waals surface area contributed by atoms with Crippen molar-refractivity contribution >= 4 is 49.7 Å². The van der Waals surface area contributed by atoms with Crippen molar-refractivity contribution in [1.82, 2.24) is 4.98 Å². The Hall–Kier alpha value is -4.76. The smallest absolute Gasteiger partial charge is 0.338 e. The van der Waals surface area contributed by atoms with Crippen molar-refractivity contribution in [2.24, 2.45) is 0 Å².